The molecule has 2 aromatic rings. The van der Waals surface area contributed by atoms with Gasteiger partial charge in [-0.3, -0.25) is 19.3 Å². The minimum Gasteiger partial charge on any atom is -0.477 e. The predicted molar refractivity (Wildman–Crippen MR) is 122 cm³/mol. The Hall–Kier alpha value is -3.58. The molecule has 4 heterocycles. The van der Waals surface area contributed by atoms with E-state index in [1.165, 1.54) is 35.3 Å². The van der Waals surface area contributed by atoms with Crippen LogP contribution in [0, 0.1) is 0 Å². The molecular formula is C16H16N10O6S3. The number of β-lactam (4-membered cyclic amide) rings is 1. The van der Waals surface area contributed by atoms with Crippen molar-refractivity contribution in [1.82, 2.24) is 39.8 Å². The standard InChI is InChI=1S/C16H16N10O6S3/c1-25-16(20-23-24-25)34-4-6-3-33-13-8(12(29)26(13)9(6)14(30)31)18-11(28)7(21-32-2)10-19-15(17-5-27)35-22-10/h5,8,13H,3-4H2,1-2H3,(H,18,28)(H,30,31)(H,17,19,22,27)/b21-7+/t8?,13-/m1/s1. The zero-order valence-electron chi connectivity index (χ0n) is 17.9. The molecule has 16 nitrogen and oxygen atoms in total. The Balaban J connectivity index is 1.48. The third-order valence-electron chi connectivity index (χ3n) is 4.71. The molecule has 4 rings (SSSR count). The zero-order valence-corrected chi connectivity index (χ0v) is 20.4. The second kappa shape index (κ2) is 10.4. The van der Waals surface area contributed by atoms with Crippen LogP contribution < -0.4 is 10.6 Å². The van der Waals surface area contributed by atoms with Crippen molar-refractivity contribution in [2.24, 2.45) is 12.2 Å². The molecule has 19 heteroatoms. The first-order valence-electron chi connectivity index (χ1n) is 9.57. The van der Waals surface area contributed by atoms with Gasteiger partial charge in [0, 0.05) is 30.1 Å². The number of nitrogens with zero attached hydrogens (tertiary/aromatic N) is 8. The van der Waals surface area contributed by atoms with E-state index in [1.807, 2.05) is 0 Å². The summed E-state index contributed by atoms with van der Waals surface area (Å²) in [4.78, 5) is 58.2. The van der Waals surface area contributed by atoms with Gasteiger partial charge < -0.3 is 20.6 Å². The molecule has 1 unspecified atom stereocenters. The van der Waals surface area contributed by atoms with Crippen LogP contribution in [0.25, 0.3) is 0 Å². The Morgan fingerprint density at radius 3 is 2.89 bits per heavy atom. The SMILES string of the molecule is CO/N=C(/C(=O)NC1C(=O)N2C(C(=O)O)=C(CSc3nnnn3C)CS[C@H]12)c1nsc(NC=O)n1. The number of carbonyl (C=O) groups excluding carboxylic acids is 3. The van der Waals surface area contributed by atoms with Crippen LogP contribution in [0.2, 0.25) is 0 Å². The number of aromatic nitrogens is 6. The van der Waals surface area contributed by atoms with Gasteiger partial charge in [0.25, 0.3) is 11.8 Å². The van der Waals surface area contributed by atoms with Crippen LogP contribution in [0.5, 0.6) is 0 Å². The molecule has 0 radical (unpaired) electrons. The van der Waals surface area contributed by atoms with Gasteiger partial charge in [0.05, 0.1) is 0 Å². The smallest absolute Gasteiger partial charge is 0.352 e. The summed E-state index contributed by atoms with van der Waals surface area (Å²) < 4.78 is 5.41. The van der Waals surface area contributed by atoms with Crippen molar-refractivity contribution in [2.75, 3.05) is 23.9 Å². The van der Waals surface area contributed by atoms with Crippen molar-refractivity contribution in [3.05, 3.63) is 17.1 Å². The normalized spacial score (nSPS) is 19.7. The number of thioether (sulfide) groups is 2. The van der Waals surface area contributed by atoms with Crippen LogP contribution in [0.4, 0.5) is 5.13 Å². The summed E-state index contributed by atoms with van der Waals surface area (Å²) in [6.45, 7) is 0. The lowest BCUT2D eigenvalue weighted by Gasteiger charge is -2.49. The Labute approximate surface area is 208 Å². The first-order chi connectivity index (χ1) is 16.8. The van der Waals surface area contributed by atoms with Crippen molar-refractivity contribution in [3.8, 4) is 0 Å². The molecule has 3 N–H and O–H groups in total. The van der Waals surface area contributed by atoms with Crippen LogP contribution >= 0.6 is 35.1 Å². The lowest BCUT2D eigenvalue weighted by molar-refractivity contribution is -0.150. The maximum atomic E-state index is 12.9. The van der Waals surface area contributed by atoms with Crippen molar-refractivity contribution in [1.29, 1.82) is 0 Å². The van der Waals surface area contributed by atoms with Crippen molar-refractivity contribution < 1.29 is 29.1 Å². The Bertz CT molecular complexity index is 1240. The van der Waals surface area contributed by atoms with E-state index >= 15 is 0 Å². The van der Waals surface area contributed by atoms with E-state index in [2.05, 4.69) is 40.7 Å². The molecule has 2 aromatic heterocycles. The summed E-state index contributed by atoms with van der Waals surface area (Å²) in [5, 5.41) is 29.4. The summed E-state index contributed by atoms with van der Waals surface area (Å²) in [6.07, 6.45) is 0.407. The van der Waals surface area contributed by atoms with Crippen LogP contribution in [0.15, 0.2) is 21.6 Å². The number of anilines is 1. The van der Waals surface area contributed by atoms with E-state index in [9.17, 15) is 24.3 Å². The second-order valence-electron chi connectivity index (χ2n) is 6.80. The monoisotopic (exact) mass is 540 g/mol. The summed E-state index contributed by atoms with van der Waals surface area (Å²) in [5.74, 6) is -2.13. The van der Waals surface area contributed by atoms with E-state index in [-0.39, 0.29) is 28.1 Å². The maximum absolute atomic E-state index is 12.9. The van der Waals surface area contributed by atoms with Gasteiger partial charge in [-0.25, -0.2) is 9.48 Å². The molecule has 184 valence electrons. The van der Waals surface area contributed by atoms with Crippen molar-refractivity contribution in [2.45, 2.75) is 16.6 Å². The highest BCUT2D eigenvalue weighted by Gasteiger charge is 2.54. The highest BCUT2D eigenvalue weighted by molar-refractivity contribution is 8.01. The van der Waals surface area contributed by atoms with Gasteiger partial charge in [-0.05, 0) is 16.0 Å². The van der Waals surface area contributed by atoms with Gasteiger partial charge in [-0.2, -0.15) is 9.36 Å². The van der Waals surface area contributed by atoms with E-state index in [0.717, 1.165) is 16.4 Å². The zero-order chi connectivity index (χ0) is 25.1. The minimum atomic E-state index is -1.25. The summed E-state index contributed by atoms with van der Waals surface area (Å²) >= 11 is 3.39. The maximum Gasteiger partial charge on any atom is 0.352 e. The largest absolute Gasteiger partial charge is 0.477 e. The van der Waals surface area contributed by atoms with Crippen LogP contribution in [-0.4, -0.2) is 99.5 Å². The quantitative estimate of drug-likeness (QED) is 0.103. The summed E-state index contributed by atoms with van der Waals surface area (Å²) in [6, 6.07) is -0.993. The molecule has 0 saturated carbocycles. The molecule has 35 heavy (non-hydrogen) atoms. The van der Waals surface area contributed by atoms with Crippen molar-refractivity contribution >= 4 is 70.1 Å². The fraction of sp³-hybridized carbons (Fsp3) is 0.375. The van der Waals surface area contributed by atoms with Gasteiger partial charge in [0.2, 0.25) is 28.2 Å². The third-order valence-corrected chi connectivity index (χ3v) is 7.79. The Kier molecular flexibility index (Phi) is 7.26. The first-order valence-corrected chi connectivity index (χ1v) is 12.4. The Morgan fingerprint density at radius 1 is 1.43 bits per heavy atom. The van der Waals surface area contributed by atoms with Crippen molar-refractivity contribution in [3.63, 3.8) is 0 Å². The summed E-state index contributed by atoms with van der Waals surface area (Å²) in [5.41, 5.74) is 0.106. The van der Waals surface area contributed by atoms with Gasteiger partial charge >= 0.3 is 5.97 Å². The number of hydrogen-bond donors (Lipinski definition) is 3. The van der Waals surface area contributed by atoms with E-state index in [1.54, 1.807) is 7.05 Å². The molecule has 3 amide bonds. The van der Waals surface area contributed by atoms with Crippen LogP contribution in [-0.2, 0) is 31.1 Å². The van der Waals surface area contributed by atoms with E-state index in [4.69, 9.17) is 4.84 Å². The number of aliphatic carboxylic acids is 1. The third kappa shape index (κ3) is 4.82. The first kappa shape index (κ1) is 24.5. The molecule has 0 aromatic carbocycles. The molecule has 1 saturated heterocycles. The number of nitrogens with one attached hydrogen (secondary N) is 2. The number of fused-ring (bicyclic) bond motifs is 1. The lowest BCUT2D eigenvalue weighted by Crippen LogP contribution is -2.71. The predicted octanol–water partition coefficient (Wildman–Crippen LogP) is -1.49. The highest BCUT2D eigenvalue weighted by Crippen LogP contribution is 2.41. The second-order valence-corrected chi connectivity index (χ2v) is 9.60. The molecule has 2 aliphatic heterocycles. The molecule has 0 aliphatic carbocycles. The van der Waals surface area contributed by atoms with Gasteiger partial charge in [-0.15, -0.1) is 16.9 Å². The number of oxime groups is 1. The summed E-state index contributed by atoms with van der Waals surface area (Å²) in [7, 11) is 2.88. The number of carboxylic acids is 1. The lowest BCUT2D eigenvalue weighted by atomic mass is 10.0. The number of hydrogen-bond acceptors (Lipinski definition) is 14. The number of carboxylic acid groups (broad SMARTS) is 1. The number of aryl methyl sites for hydroxylation is 1. The van der Waals surface area contributed by atoms with E-state index < -0.39 is 29.2 Å². The molecule has 0 spiro atoms. The molecule has 0 bridgehead atoms. The number of amides is 3. The fourth-order valence-electron chi connectivity index (χ4n) is 3.20. The average molecular weight is 541 g/mol. The number of carbonyl (C=O) groups is 4. The molecular weight excluding hydrogens is 524 g/mol. The Morgan fingerprint density at radius 2 is 2.23 bits per heavy atom. The van der Waals surface area contributed by atoms with Gasteiger partial charge in [-0.1, -0.05) is 16.9 Å². The fourth-order valence-corrected chi connectivity index (χ4v) is 6.07. The average Bonchev–Trinajstić information content (AvgIpc) is 3.47. The molecule has 2 aliphatic rings. The molecule has 2 atom stereocenters. The minimum absolute atomic E-state index is 0.109. The van der Waals surface area contributed by atoms with Gasteiger partial charge in [0.15, 0.2) is 0 Å². The highest BCUT2D eigenvalue weighted by atomic mass is 32.2. The van der Waals surface area contributed by atoms with E-state index in [0.29, 0.717) is 22.9 Å². The molecule has 1 fully saturated rings. The topological polar surface area (TPSA) is 207 Å². The van der Waals surface area contributed by atoms with Crippen LogP contribution in [0.1, 0.15) is 5.82 Å². The number of rotatable bonds is 10. The van der Waals surface area contributed by atoms with Gasteiger partial charge in [0.1, 0.15) is 24.2 Å². The number of tetrazole rings is 1. The van der Waals surface area contributed by atoms with Crippen LogP contribution in [0.3, 0.4) is 0 Å².